The van der Waals surface area contributed by atoms with Gasteiger partial charge in [0, 0.05) is 18.3 Å². The number of carboxylic acid groups (broad SMARTS) is 1. The third-order valence-electron chi connectivity index (χ3n) is 3.34. The molecule has 2 rings (SSSR count). The number of likely N-dealkylation sites (N-methyl/N-ethyl adjacent to an activating group) is 1. The van der Waals surface area contributed by atoms with Crippen molar-refractivity contribution in [1.82, 2.24) is 14.7 Å². The van der Waals surface area contributed by atoms with E-state index in [0.717, 1.165) is 5.56 Å². The Morgan fingerprint density at radius 1 is 1.52 bits per heavy atom. The average molecular weight is 291 g/mol. The van der Waals surface area contributed by atoms with Crippen molar-refractivity contribution in [3.63, 3.8) is 0 Å². The van der Waals surface area contributed by atoms with E-state index >= 15 is 0 Å². The van der Waals surface area contributed by atoms with Crippen LogP contribution >= 0.6 is 0 Å². The summed E-state index contributed by atoms with van der Waals surface area (Å²) in [4.78, 5) is 12.9. The molecule has 0 radical (unpaired) electrons. The first-order valence-corrected chi connectivity index (χ1v) is 6.73. The van der Waals surface area contributed by atoms with Gasteiger partial charge in [0.15, 0.2) is 0 Å². The summed E-state index contributed by atoms with van der Waals surface area (Å²) in [7, 11) is 1.77. The summed E-state index contributed by atoms with van der Waals surface area (Å²) in [5.41, 5.74) is 1.51. The Labute approximate surface area is 122 Å². The molecule has 0 spiro atoms. The van der Waals surface area contributed by atoms with Gasteiger partial charge in [-0.25, -0.2) is 9.07 Å². The fourth-order valence-electron chi connectivity index (χ4n) is 2.27. The highest BCUT2D eigenvalue weighted by atomic mass is 19.1. The highest BCUT2D eigenvalue weighted by Gasteiger charge is 2.20. The normalized spacial score (nSPS) is 12.6. The molecule has 0 fully saturated rings. The van der Waals surface area contributed by atoms with Gasteiger partial charge in [0.05, 0.1) is 11.9 Å². The maximum atomic E-state index is 13.2. The summed E-state index contributed by atoms with van der Waals surface area (Å²) in [5, 5.41) is 13.3. The van der Waals surface area contributed by atoms with Gasteiger partial charge in [0.25, 0.3) is 0 Å². The maximum absolute atomic E-state index is 13.2. The second-order valence-corrected chi connectivity index (χ2v) is 4.95. The molecule has 112 valence electrons. The van der Waals surface area contributed by atoms with Gasteiger partial charge < -0.3 is 5.11 Å². The topological polar surface area (TPSA) is 58.4 Å². The van der Waals surface area contributed by atoms with E-state index in [4.69, 9.17) is 5.11 Å². The number of benzene rings is 1. The minimum atomic E-state index is -0.836. The monoisotopic (exact) mass is 291 g/mol. The molecule has 0 aliphatic rings. The lowest BCUT2D eigenvalue weighted by atomic mass is 10.2. The first kappa shape index (κ1) is 15.2. The lowest BCUT2D eigenvalue weighted by Gasteiger charge is -2.22. The Morgan fingerprint density at radius 3 is 2.90 bits per heavy atom. The Kier molecular flexibility index (Phi) is 4.70. The number of aromatic nitrogens is 2. The molecular formula is C15H18FN3O2. The highest BCUT2D eigenvalue weighted by Crippen LogP contribution is 2.13. The molecule has 0 aliphatic heterocycles. The first-order valence-electron chi connectivity index (χ1n) is 6.73. The van der Waals surface area contributed by atoms with Crippen LogP contribution in [-0.2, 0) is 11.3 Å². The average Bonchev–Trinajstić information content (AvgIpc) is 2.87. The summed E-state index contributed by atoms with van der Waals surface area (Å²) in [5.74, 6) is -1.16. The van der Waals surface area contributed by atoms with E-state index in [1.165, 1.54) is 12.1 Å². The fourth-order valence-corrected chi connectivity index (χ4v) is 2.27. The van der Waals surface area contributed by atoms with Crippen molar-refractivity contribution in [2.45, 2.75) is 25.9 Å². The minimum Gasteiger partial charge on any atom is -0.480 e. The molecule has 6 heteroatoms. The van der Waals surface area contributed by atoms with Crippen LogP contribution in [0.4, 0.5) is 4.39 Å². The number of nitrogens with zero attached hydrogens (tertiary/aromatic N) is 3. The molecule has 0 bridgehead atoms. The van der Waals surface area contributed by atoms with E-state index < -0.39 is 12.0 Å². The number of hydrogen-bond acceptors (Lipinski definition) is 3. The molecule has 1 N–H and O–H groups in total. The Morgan fingerprint density at radius 2 is 2.29 bits per heavy atom. The maximum Gasteiger partial charge on any atom is 0.320 e. The van der Waals surface area contributed by atoms with Gasteiger partial charge in [-0.05, 0) is 31.7 Å². The molecule has 2 aromatic rings. The molecule has 1 aromatic carbocycles. The summed E-state index contributed by atoms with van der Waals surface area (Å²) < 4.78 is 14.8. The molecule has 1 heterocycles. The van der Waals surface area contributed by atoms with E-state index in [0.29, 0.717) is 18.7 Å². The van der Waals surface area contributed by atoms with Gasteiger partial charge >= 0.3 is 5.97 Å². The molecule has 21 heavy (non-hydrogen) atoms. The lowest BCUT2D eigenvalue weighted by molar-refractivity contribution is -0.143. The van der Waals surface area contributed by atoms with Crippen LogP contribution in [0.3, 0.4) is 0 Å². The zero-order chi connectivity index (χ0) is 15.4. The molecule has 0 unspecified atom stereocenters. The molecule has 1 atom stereocenters. The number of carboxylic acids is 1. The Bertz CT molecular complexity index is 627. The zero-order valence-electron chi connectivity index (χ0n) is 12.0. The van der Waals surface area contributed by atoms with Crippen molar-refractivity contribution in [3.05, 3.63) is 48.0 Å². The predicted molar refractivity (Wildman–Crippen MR) is 76.7 cm³/mol. The van der Waals surface area contributed by atoms with E-state index in [1.54, 1.807) is 41.2 Å². The van der Waals surface area contributed by atoms with Gasteiger partial charge in [0.2, 0.25) is 0 Å². The molecular weight excluding hydrogens is 273 g/mol. The third kappa shape index (κ3) is 3.66. The predicted octanol–water partition coefficient (Wildman–Crippen LogP) is 2.31. The van der Waals surface area contributed by atoms with Crippen LogP contribution in [0.5, 0.6) is 0 Å². The van der Waals surface area contributed by atoms with Crippen LogP contribution in [0.25, 0.3) is 5.69 Å². The molecule has 0 aliphatic carbocycles. The summed E-state index contributed by atoms with van der Waals surface area (Å²) in [6.07, 6.45) is 3.97. The van der Waals surface area contributed by atoms with Crippen LogP contribution in [0.15, 0.2) is 36.7 Å². The van der Waals surface area contributed by atoms with Gasteiger partial charge in [-0.15, -0.1) is 0 Å². The number of hydrogen-bond donors (Lipinski definition) is 1. The molecule has 0 saturated carbocycles. The second kappa shape index (κ2) is 6.49. The number of halogens is 1. The number of carbonyl (C=O) groups is 1. The standard InChI is InChI=1S/C15H18FN3O2/c1-3-14(15(20)21)18(2)9-11-8-17-19(10-11)13-6-4-5-12(16)7-13/h4-8,10,14H,3,9H2,1-2H3,(H,20,21)/t14-/m1/s1. The van der Waals surface area contributed by atoms with Gasteiger partial charge in [0.1, 0.15) is 11.9 Å². The fraction of sp³-hybridized carbons (Fsp3) is 0.333. The lowest BCUT2D eigenvalue weighted by Crippen LogP contribution is -2.37. The van der Waals surface area contributed by atoms with E-state index in [9.17, 15) is 9.18 Å². The van der Waals surface area contributed by atoms with Crippen molar-refractivity contribution in [2.75, 3.05) is 7.05 Å². The van der Waals surface area contributed by atoms with Crippen LogP contribution in [0.2, 0.25) is 0 Å². The minimum absolute atomic E-state index is 0.321. The van der Waals surface area contributed by atoms with Crippen LogP contribution < -0.4 is 0 Å². The van der Waals surface area contributed by atoms with Gasteiger partial charge in [-0.3, -0.25) is 9.69 Å². The Hall–Kier alpha value is -2.21. The smallest absolute Gasteiger partial charge is 0.320 e. The first-order chi connectivity index (χ1) is 10.0. The second-order valence-electron chi connectivity index (χ2n) is 4.95. The SMILES string of the molecule is CC[C@H](C(=O)O)N(C)Cc1cnn(-c2cccc(F)c2)c1. The number of aliphatic carboxylic acids is 1. The molecule has 0 saturated heterocycles. The molecule has 0 amide bonds. The van der Waals surface area contributed by atoms with Crippen molar-refractivity contribution in [1.29, 1.82) is 0 Å². The third-order valence-corrected chi connectivity index (χ3v) is 3.34. The van der Waals surface area contributed by atoms with Gasteiger partial charge in [-0.2, -0.15) is 5.10 Å². The summed E-state index contributed by atoms with van der Waals surface area (Å²) >= 11 is 0. The summed E-state index contributed by atoms with van der Waals surface area (Å²) in [6, 6.07) is 5.63. The van der Waals surface area contributed by atoms with Crippen molar-refractivity contribution < 1.29 is 14.3 Å². The quantitative estimate of drug-likeness (QED) is 0.887. The van der Waals surface area contributed by atoms with E-state index in [1.807, 2.05) is 6.92 Å². The molecule has 1 aromatic heterocycles. The largest absolute Gasteiger partial charge is 0.480 e. The van der Waals surface area contributed by atoms with Crippen LogP contribution in [-0.4, -0.2) is 38.8 Å². The van der Waals surface area contributed by atoms with Crippen molar-refractivity contribution in [2.24, 2.45) is 0 Å². The van der Waals surface area contributed by atoms with Gasteiger partial charge in [-0.1, -0.05) is 13.0 Å². The van der Waals surface area contributed by atoms with E-state index in [-0.39, 0.29) is 5.82 Å². The Balaban J connectivity index is 2.12. The van der Waals surface area contributed by atoms with Crippen LogP contribution in [0.1, 0.15) is 18.9 Å². The number of rotatable bonds is 6. The van der Waals surface area contributed by atoms with Crippen LogP contribution in [0, 0.1) is 5.82 Å². The highest BCUT2D eigenvalue weighted by molar-refractivity contribution is 5.73. The van der Waals surface area contributed by atoms with E-state index in [2.05, 4.69) is 5.10 Å². The zero-order valence-corrected chi connectivity index (χ0v) is 12.0. The van der Waals surface area contributed by atoms with Crippen molar-refractivity contribution in [3.8, 4) is 5.69 Å². The molecule has 5 nitrogen and oxygen atoms in total. The van der Waals surface area contributed by atoms with Crippen molar-refractivity contribution >= 4 is 5.97 Å². The summed E-state index contributed by atoms with van der Waals surface area (Å²) in [6.45, 7) is 2.31.